The predicted molar refractivity (Wildman–Crippen MR) is 131 cm³/mol. The number of aliphatic imine (C=N–C) groups is 1. The molecule has 36 heavy (non-hydrogen) atoms. The minimum absolute atomic E-state index is 0. The summed E-state index contributed by atoms with van der Waals surface area (Å²) in [4.78, 5) is 38.5. The van der Waals surface area contributed by atoms with E-state index in [4.69, 9.17) is 11.6 Å². The van der Waals surface area contributed by atoms with Crippen LogP contribution >= 0.6 is 23.4 Å². The number of aromatic amines is 1. The van der Waals surface area contributed by atoms with Crippen LogP contribution in [0.1, 0.15) is 12.1 Å². The second-order valence-electron chi connectivity index (χ2n) is 8.29. The summed E-state index contributed by atoms with van der Waals surface area (Å²) < 4.78 is 27.9. The van der Waals surface area contributed by atoms with E-state index in [1.807, 2.05) is 6.92 Å². The van der Waals surface area contributed by atoms with Gasteiger partial charge in [0.05, 0.1) is 17.5 Å². The van der Waals surface area contributed by atoms with Crippen molar-refractivity contribution in [2.45, 2.75) is 29.3 Å². The van der Waals surface area contributed by atoms with Crippen LogP contribution in [0.2, 0.25) is 5.02 Å². The van der Waals surface area contributed by atoms with E-state index >= 15 is 0 Å². The average Bonchev–Trinajstić information content (AvgIpc) is 3.42. The summed E-state index contributed by atoms with van der Waals surface area (Å²) in [7, 11) is -3.96. The van der Waals surface area contributed by atoms with E-state index in [2.05, 4.69) is 15.0 Å². The molecule has 2 aliphatic heterocycles. The Kier molecular flexibility index (Phi) is 7.67. The van der Waals surface area contributed by atoms with Crippen LogP contribution in [0, 0.1) is 6.92 Å². The van der Waals surface area contributed by atoms with Crippen LogP contribution in [0.5, 0.6) is 0 Å². The number of benzene rings is 1. The van der Waals surface area contributed by atoms with Crippen molar-refractivity contribution in [3.05, 3.63) is 47.2 Å². The molecule has 4 heterocycles. The Hall–Kier alpha value is -2.20. The Balaban J connectivity index is 0.00000304. The molecule has 0 saturated carbocycles. The van der Waals surface area contributed by atoms with E-state index in [1.54, 1.807) is 30.5 Å². The third kappa shape index (κ3) is 5.11. The van der Waals surface area contributed by atoms with Crippen molar-refractivity contribution in [2.24, 2.45) is 0 Å². The minimum atomic E-state index is -3.96. The van der Waals surface area contributed by atoms with Gasteiger partial charge in [-0.15, -0.1) is 0 Å². The molecule has 1 radical (unpaired) electrons. The largest absolute Gasteiger partial charge is 1.00 e. The number of rotatable bonds is 5. The maximum absolute atomic E-state index is 13.4. The molecule has 0 aliphatic carbocycles. The van der Waals surface area contributed by atoms with Crippen LogP contribution in [-0.2, 0) is 19.6 Å². The number of carbonyl (C=O) groups is 2. The Morgan fingerprint density at radius 2 is 2.06 bits per heavy atom. The Morgan fingerprint density at radius 3 is 2.81 bits per heavy atom. The summed E-state index contributed by atoms with van der Waals surface area (Å²) in [5, 5.41) is 10.8. The van der Waals surface area contributed by atoms with Gasteiger partial charge in [0, 0.05) is 65.3 Å². The van der Waals surface area contributed by atoms with Gasteiger partial charge in [0.15, 0.2) is 0 Å². The van der Waals surface area contributed by atoms with Crippen LogP contribution in [0.25, 0.3) is 10.9 Å². The number of piperazine rings is 1. The number of carboxylic acid groups (broad SMARTS) is 1. The Labute approximate surface area is 233 Å². The number of halogens is 2. The summed E-state index contributed by atoms with van der Waals surface area (Å²) >= 11 is 7.19. The fraction of sp³-hybridized carbons (Fsp3) is 0.273. The summed E-state index contributed by atoms with van der Waals surface area (Å²) in [6, 6.07) is 7.42. The monoisotopic (exact) mass is 660 g/mol. The first-order chi connectivity index (χ1) is 16.6. The normalized spacial score (nSPS) is 18.0. The molecule has 189 valence electrons. The average molecular weight is 661 g/mol. The number of hydrogen-bond donors (Lipinski definition) is 2. The van der Waals surface area contributed by atoms with Gasteiger partial charge in [0.25, 0.3) is 15.7 Å². The fourth-order valence-electron chi connectivity index (χ4n) is 4.19. The zero-order valence-electron chi connectivity index (χ0n) is 18.8. The van der Waals surface area contributed by atoms with E-state index in [9.17, 15) is 23.1 Å². The first-order valence-corrected chi connectivity index (χ1v) is 13.3. The third-order valence-electron chi connectivity index (χ3n) is 5.89. The molecule has 1 aromatic carbocycles. The number of aromatic nitrogens is 2. The second-order valence-corrected chi connectivity index (χ2v) is 11.7. The fourth-order valence-corrected chi connectivity index (χ4v) is 6.73. The number of nitrogens with one attached hydrogen (secondary N) is 1. The van der Waals surface area contributed by atoms with Gasteiger partial charge in [0.1, 0.15) is 9.92 Å². The van der Waals surface area contributed by atoms with Crippen molar-refractivity contribution in [3.63, 3.8) is 0 Å². The Morgan fingerprint density at radius 1 is 1.28 bits per heavy atom. The SMILES string of the molecule is Cc1cc2c(cn1)SC(C(=O)N1CCN(S(=O)(=O)c3cc4cc(Cl)ccc4[nH]3)CC1CC(=O)O)=[N+]2.[I-]. The zero-order valence-corrected chi connectivity index (χ0v) is 23.4. The van der Waals surface area contributed by atoms with Crippen LogP contribution < -0.4 is 29.0 Å². The van der Waals surface area contributed by atoms with Gasteiger partial charge in [-0.05, 0) is 31.2 Å². The zero-order chi connectivity index (χ0) is 24.9. The molecule has 10 nitrogen and oxygen atoms in total. The van der Waals surface area contributed by atoms with Crippen molar-refractivity contribution >= 4 is 66.9 Å². The van der Waals surface area contributed by atoms with E-state index in [0.29, 0.717) is 21.6 Å². The van der Waals surface area contributed by atoms with Crippen LogP contribution in [0.4, 0.5) is 5.69 Å². The molecule has 14 heteroatoms. The molecule has 2 N–H and O–H groups in total. The van der Waals surface area contributed by atoms with Gasteiger partial charge in [0.2, 0.25) is 0 Å². The van der Waals surface area contributed by atoms with E-state index in [-0.39, 0.29) is 53.7 Å². The number of amides is 1. The molecule has 5 rings (SSSR count). The third-order valence-corrected chi connectivity index (χ3v) is 8.90. The summed E-state index contributed by atoms with van der Waals surface area (Å²) in [6.07, 6.45) is 1.25. The second kappa shape index (κ2) is 10.3. The molecule has 0 bridgehead atoms. The van der Waals surface area contributed by atoms with E-state index in [0.717, 1.165) is 10.6 Å². The number of carboxylic acids is 1. The highest BCUT2D eigenvalue weighted by atomic mass is 127. The lowest BCUT2D eigenvalue weighted by Crippen LogP contribution is -3.00. The lowest BCUT2D eigenvalue weighted by molar-refractivity contribution is -0.140. The lowest BCUT2D eigenvalue weighted by atomic mass is 10.1. The summed E-state index contributed by atoms with van der Waals surface area (Å²) in [5.41, 5.74) is 2.02. The number of aryl methyl sites for hydroxylation is 1. The number of H-pyrrole nitrogens is 1. The molecule has 2 aromatic heterocycles. The van der Waals surface area contributed by atoms with E-state index in [1.165, 1.54) is 27.0 Å². The minimum Gasteiger partial charge on any atom is -1.00 e. The molecule has 3 aromatic rings. The number of thioether (sulfide) groups is 1. The van der Waals surface area contributed by atoms with Crippen LogP contribution in [-0.4, -0.2) is 75.3 Å². The maximum Gasteiger partial charge on any atom is 0.381 e. The van der Waals surface area contributed by atoms with Gasteiger partial charge in [-0.1, -0.05) is 11.6 Å². The number of hydrogen-bond acceptors (Lipinski definition) is 7. The van der Waals surface area contributed by atoms with Crippen molar-refractivity contribution < 1.29 is 47.1 Å². The number of nitrogens with zero attached hydrogens (tertiary/aromatic N) is 4. The van der Waals surface area contributed by atoms with Crippen LogP contribution in [0.15, 0.2) is 46.5 Å². The molecule has 1 saturated heterocycles. The smallest absolute Gasteiger partial charge is 0.381 e. The first-order valence-electron chi connectivity index (χ1n) is 10.7. The maximum atomic E-state index is 13.4. The topological polar surface area (TPSA) is 138 Å². The van der Waals surface area contributed by atoms with Crippen molar-refractivity contribution in [1.82, 2.24) is 24.2 Å². The lowest BCUT2D eigenvalue weighted by Gasteiger charge is -2.39. The molecule has 2 aliphatic rings. The van der Waals surface area contributed by atoms with Crippen molar-refractivity contribution in [2.75, 3.05) is 19.6 Å². The number of carbonyl (C=O) groups excluding carboxylic acids is 1. The van der Waals surface area contributed by atoms with Gasteiger partial charge in [-0.2, -0.15) is 4.31 Å². The molecule has 1 fully saturated rings. The first kappa shape index (κ1) is 26.9. The molecule has 0 spiro atoms. The molecule has 1 atom stereocenters. The predicted octanol–water partition coefficient (Wildman–Crippen LogP) is -0.623. The quantitative estimate of drug-likeness (QED) is 0.348. The van der Waals surface area contributed by atoms with Crippen LogP contribution in [0.3, 0.4) is 0 Å². The highest BCUT2D eigenvalue weighted by Crippen LogP contribution is 2.34. The van der Waals surface area contributed by atoms with E-state index < -0.39 is 34.4 Å². The van der Waals surface area contributed by atoms with Gasteiger partial charge in [-0.25, -0.2) is 8.42 Å². The van der Waals surface area contributed by atoms with Crippen molar-refractivity contribution in [1.29, 1.82) is 0 Å². The number of pyridine rings is 1. The van der Waals surface area contributed by atoms with Gasteiger partial charge >= 0.3 is 16.9 Å². The molecular formula is C22H20ClIN5O5S2. The highest BCUT2D eigenvalue weighted by Gasteiger charge is 2.44. The number of aliphatic carboxylic acids is 1. The van der Waals surface area contributed by atoms with Gasteiger partial charge < -0.3 is 39.0 Å². The molecule has 1 amide bonds. The molecular weight excluding hydrogens is 641 g/mol. The summed E-state index contributed by atoms with van der Waals surface area (Å²) in [6.45, 7) is 1.73. The number of sulfonamides is 1. The standard InChI is InChI=1S/C22H20ClN5O5S2.HI/c1-12-6-17-18(10-24-12)34-21(26-17)22(31)28-5-4-27(11-15(28)9-20(29)30)35(32,33)19-8-13-7-14(23)2-3-16(13)25-19;/h2-3,6-8,10,15,25H,4-5,9,11H2,1H3,(H,29,30);1H/q+1;/p-1. The van der Waals surface area contributed by atoms with Gasteiger partial charge in [-0.3, -0.25) is 14.6 Å². The molecule has 1 unspecified atom stereocenters. The van der Waals surface area contributed by atoms with Crippen molar-refractivity contribution in [3.8, 4) is 0 Å². The highest BCUT2D eigenvalue weighted by molar-refractivity contribution is 8.16. The number of fused-ring (bicyclic) bond motifs is 2. The summed E-state index contributed by atoms with van der Waals surface area (Å²) in [5.74, 6) is -1.55. The Bertz CT molecular complexity index is 1510.